The zero-order valence-corrected chi connectivity index (χ0v) is 16.2. The number of hydrogen-bond acceptors (Lipinski definition) is 4. The molecule has 27 heavy (non-hydrogen) atoms. The van der Waals surface area contributed by atoms with E-state index in [0.29, 0.717) is 45.5 Å². The minimum atomic E-state index is -0.832. The summed E-state index contributed by atoms with van der Waals surface area (Å²) in [6, 6.07) is 8.37. The summed E-state index contributed by atoms with van der Waals surface area (Å²) in [6.45, 7) is 3.54. The van der Waals surface area contributed by atoms with Gasteiger partial charge >= 0.3 is 5.97 Å². The molecule has 2 aliphatic rings. The number of carboxylic acid groups (broad SMARTS) is 1. The third kappa shape index (κ3) is 4.68. The van der Waals surface area contributed by atoms with E-state index in [1.54, 1.807) is 12.0 Å². The first-order chi connectivity index (χ1) is 13.0. The Labute approximate surface area is 161 Å². The second kappa shape index (κ2) is 8.85. The predicted octanol–water partition coefficient (Wildman–Crippen LogP) is 2.16. The van der Waals surface area contributed by atoms with Gasteiger partial charge in [0.25, 0.3) is 0 Å². The number of methoxy groups -OCH3 is 1. The SMILES string of the molecule is COCCC[C@@]1(C(=O)O)CCCN(C(=O)CN2CCc3ccccc3C2)C1. The van der Waals surface area contributed by atoms with E-state index in [-0.39, 0.29) is 5.91 Å². The average molecular weight is 374 g/mol. The zero-order valence-electron chi connectivity index (χ0n) is 16.2. The first-order valence-electron chi connectivity index (χ1n) is 9.83. The van der Waals surface area contributed by atoms with Gasteiger partial charge in [0.05, 0.1) is 12.0 Å². The Morgan fingerprint density at radius 3 is 2.74 bits per heavy atom. The molecular formula is C21H30N2O4. The number of likely N-dealkylation sites (tertiary alicyclic amines) is 1. The number of benzene rings is 1. The van der Waals surface area contributed by atoms with Crippen molar-refractivity contribution in [2.75, 3.05) is 39.9 Å². The molecule has 0 spiro atoms. The van der Waals surface area contributed by atoms with Gasteiger partial charge in [0.2, 0.25) is 5.91 Å². The van der Waals surface area contributed by atoms with Crippen LogP contribution in [0.2, 0.25) is 0 Å². The van der Waals surface area contributed by atoms with E-state index < -0.39 is 11.4 Å². The van der Waals surface area contributed by atoms with Crippen LogP contribution in [0.1, 0.15) is 36.8 Å². The van der Waals surface area contributed by atoms with Crippen molar-refractivity contribution in [3.63, 3.8) is 0 Å². The molecule has 3 rings (SSSR count). The summed E-state index contributed by atoms with van der Waals surface area (Å²) < 4.78 is 5.08. The first kappa shape index (κ1) is 19.8. The lowest BCUT2D eigenvalue weighted by molar-refractivity contribution is -0.156. The van der Waals surface area contributed by atoms with Crippen LogP contribution in [0.4, 0.5) is 0 Å². The lowest BCUT2D eigenvalue weighted by Crippen LogP contribution is -2.52. The summed E-state index contributed by atoms with van der Waals surface area (Å²) in [7, 11) is 1.63. The highest BCUT2D eigenvalue weighted by Crippen LogP contribution is 2.35. The highest BCUT2D eigenvalue weighted by atomic mass is 16.5. The van der Waals surface area contributed by atoms with Gasteiger partial charge in [0, 0.05) is 39.9 Å². The van der Waals surface area contributed by atoms with Crippen molar-refractivity contribution < 1.29 is 19.4 Å². The van der Waals surface area contributed by atoms with Gasteiger partial charge in [-0.05, 0) is 43.2 Å². The van der Waals surface area contributed by atoms with E-state index in [1.807, 2.05) is 6.07 Å². The molecule has 1 amide bonds. The standard InChI is InChI=1S/C21H30N2O4/c1-27-13-5-10-21(20(25)26)9-4-11-23(16-21)19(24)15-22-12-8-17-6-2-3-7-18(17)14-22/h2-3,6-7H,4-5,8-16H2,1H3,(H,25,26)/t21-/m0/s1. The number of piperidine rings is 1. The van der Waals surface area contributed by atoms with Gasteiger partial charge in [-0.2, -0.15) is 0 Å². The molecule has 0 unspecified atom stereocenters. The Kier molecular flexibility index (Phi) is 6.50. The van der Waals surface area contributed by atoms with Crippen LogP contribution in [0.5, 0.6) is 0 Å². The van der Waals surface area contributed by atoms with Gasteiger partial charge in [0.1, 0.15) is 0 Å². The maximum atomic E-state index is 12.9. The van der Waals surface area contributed by atoms with E-state index in [9.17, 15) is 14.7 Å². The summed E-state index contributed by atoms with van der Waals surface area (Å²) in [6.07, 6.45) is 3.59. The maximum Gasteiger partial charge on any atom is 0.311 e. The number of ether oxygens (including phenoxy) is 1. The number of fused-ring (bicyclic) bond motifs is 1. The van der Waals surface area contributed by atoms with Gasteiger partial charge in [-0.25, -0.2) is 0 Å². The van der Waals surface area contributed by atoms with Crippen molar-refractivity contribution in [2.45, 2.75) is 38.6 Å². The van der Waals surface area contributed by atoms with Crippen molar-refractivity contribution in [3.8, 4) is 0 Å². The van der Waals surface area contributed by atoms with Crippen LogP contribution in [-0.4, -0.2) is 66.7 Å². The van der Waals surface area contributed by atoms with Gasteiger partial charge in [-0.3, -0.25) is 14.5 Å². The monoisotopic (exact) mass is 374 g/mol. The molecule has 0 aromatic heterocycles. The van der Waals surface area contributed by atoms with Crippen LogP contribution in [0, 0.1) is 5.41 Å². The minimum Gasteiger partial charge on any atom is -0.481 e. The van der Waals surface area contributed by atoms with Gasteiger partial charge in [-0.1, -0.05) is 24.3 Å². The molecule has 0 saturated carbocycles. The number of carbonyl (C=O) groups excluding carboxylic acids is 1. The molecule has 1 fully saturated rings. The molecule has 1 saturated heterocycles. The van der Waals surface area contributed by atoms with Crippen molar-refractivity contribution in [3.05, 3.63) is 35.4 Å². The number of rotatable bonds is 7. The smallest absolute Gasteiger partial charge is 0.311 e. The van der Waals surface area contributed by atoms with Crippen LogP contribution in [0.25, 0.3) is 0 Å². The lowest BCUT2D eigenvalue weighted by atomic mass is 9.76. The summed E-state index contributed by atoms with van der Waals surface area (Å²) in [4.78, 5) is 28.8. The number of carboxylic acids is 1. The minimum absolute atomic E-state index is 0.0476. The molecule has 0 bridgehead atoms. The molecular weight excluding hydrogens is 344 g/mol. The largest absolute Gasteiger partial charge is 0.481 e. The molecule has 148 valence electrons. The predicted molar refractivity (Wildman–Crippen MR) is 102 cm³/mol. The van der Waals surface area contributed by atoms with Crippen molar-refractivity contribution >= 4 is 11.9 Å². The lowest BCUT2D eigenvalue weighted by Gasteiger charge is -2.41. The Bertz CT molecular complexity index is 678. The number of nitrogens with zero attached hydrogens (tertiary/aromatic N) is 2. The third-order valence-electron chi connectivity index (χ3n) is 5.96. The quantitative estimate of drug-likeness (QED) is 0.741. The molecule has 1 aromatic carbocycles. The highest BCUT2D eigenvalue weighted by Gasteiger charge is 2.43. The fourth-order valence-electron chi connectivity index (χ4n) is 4.37. The van der Waals surface area contributed by atoms with Crippen LogP contribution in [0.15, 0.2) is 24.3 Å². The molecule has 2 heterocycles. The molecule has 0 radical (unpaired) electrons. The van der Waals surface area contributed by atoms with Crippen molar-refractivity contribution in [1.29, 1.82) is 0 Å². The van der Waals surface area contributed by atoms with E-state index >= 15 is 0 Å². The zero-order chi connectivity index (χ0) is 19.3. The normalized spacial score (nSPS) is 23.1. The molecule has 2 aliphatic heterocycles. The topological polar surface area (TPSA) is 70.1 Å². The highest BCUT2D eigenvalue weighted by molar-refractivity contribution is 5.81. The van der Waals surface area contributed by atoms with E-state index in [4.69, 9.17) is 4.74 Å². The fourth-order valence-corrected chi connectivity index (χ4v) is 4.37. The maximum absolute atomic E-state index is 12.9. The van der Waals surface area contributed by atoms with Gasteiger partial charge in [0.15, 0.2) is 0 Å². The average Bonchev–Trinajstić information content (AvgIpc) is 2.68. The fraction of sp³-hybridized carbons (Fsp3) is 0.619. The second-order valence-corrected chi connectivity index (χ2v) is 7.83. The van der Waals surface area contributed by atoms with E-state index in [0.717, 1.165) is 25.9 Å². The Morgan fingerprint density at radius 2 is 2.00 bits per heavy atom. The van der Waals surface area contributed by atoms with Crippen molar-refractivity contribution in [2.24, 2.45) is 5.41 Å². The summed E-state index contributed by atoms with van der Waals surface area (Å²) >= 11 is 0. The summed E-state index contributed by atoms with van der Waals surface area (Å²) in [5, 5.41) is 9.83. The Balaban J connectivity index is 1.60. The van der Waals surface area contributed by atoms with Crippen molar-refractivity contribution in [1.82, 2.24) is 9.80 Å². The first-order valence-corrected chi connectivity index (χ1v) is 9.83. The third-order valence-corrected chi connectivity index (χ3v) is 5.96. The van der Waals surface area contributed by atoms with Crippen LogP contribution < -0.4 is 0 Å². The second-order valence-electron chi connectivity index (χ2n) is 7.83. The van der Waals surface area contributed by atoms with Gasteiger partial charge in [-0.15, -0.1) is 0 Å². The number of hydrogen-bond donors (Lipinski definition) is 1. The molecule has 6 heteroatoms. The van der Waals surface area contributed by atoms with Crippen LogP contribution in [-0.2, 0) is 27.3 Å². The number of carbonyl (C=O) groups is 2. The van der Waals surface area contributed by atoms with Crippen LogP contribution in [0.3, 0.4) is 0 Å². The number of amides is 1. The Morgan fingerprint density at radius 1 is 1.22 bits per heavy atom. The molecule has 1 atom stereocenters. The summed E-state index contributed by atoms with van der Waals surface area (Å²) in [5.74, 6) is -0.741. The molecule has 1 aromatic rings. The van der Waals surface area contributed by atoms with Gasteiger partial charge < -0.3 is 14.7 Å². The summed E-state index contributed by atoms with van der Waals surface area (Å²) in [5.41, 5.74) is 1.82. The molecule has 0 aliphatic carbocycles. The molecule has 1 N–H and O–H groups in total. The van der Waals surface area contributed by atoms with E-state index in [2.05, 4.69) is 23.1 Å². The number of aliphatic carboxylic acids is 1. The van der Waals surface area contributed by atoms with Crippen LogP contribution >= 0.6 is 0 Å². The molecule has 6 nitrogen and oxygen atoms in total. The Hall–Kier alpha value is -1.92. The van der Waals surface area contributed by atoms with E-state index in [1.165, 1.54) is 11.1 Å².